The van der Waals surface area contributed by atoms with E-state index in [9.17, 15) is 10.2 Å². The van der Waals surface area contributed by atoms with E-state index in [4.69, 9.17) is 5.11 Å². The maximum Gasteiger partial charge on any atom is 0.101 e. The third-order valence-electron chi connectivity index (χ3n) is 2.85. The Morgan fingerprint density at radius 3 is 2.27 bits per heavy atom. The van der Waals surface area contributed by atoms with Crippen LogP contribution in [0.4, 0.5) is 0 Å². The fourth-order valence-electron chi connectivity index (χ4n) is 1.98. The highest BCUT2D eigenvalue weighted by molar-refractivity contribution is 5.23. The van der Waals surface area contributed by atoms with Crippen LogP contribution in [-0.2, 0) is 0 Å². The van der Waals surface area contributed by atoms with Crippen LogP contribution in [0.3, 0.4) is 0 Å². The molecule has 1 heterocycles. The van der Waals surface area contributed by atoms with Crippen molar-refractivity contribution < 1.29 is 15.3 Å². The molecule has 0 radical (unpaired) electrons. The summed E-state index contributed by atoms with van der Waals surface area (Å²) in [6.45, 7) is -0.179. The third kappa shape index (κ3) is 1.89. The summed E-state index contributed by atoms with van der Waals surface area (Å²) in [5.74, 6) is 0. The van der Waals surface area contributed by atoms with Gasteiger partial charge in [-0.1, -0.05) is 30.3 Å². The zero-order valence-corrected chi connectivity index (χ0v) is 8.24. The fourth-order valence-corrected chi connectivity index (χ4v) is 1.98. The maximum absolute atomic E-state index is 9.79. The van der Waals surface area contributed by atoms with Crippen molar-refractivity contribution in [3.63, 3.8) is 0 Å². The third-order valence-corrected chi connectivity index (χ3v) is 2.85. The number of hydrogen-bond donors (Lipinski definition) is 4. The van der Waals surface area contributed by atoms with E-state index in [1.165, 1.54) is 0 Å². The highest BCUT2D eigenvalue weighted by Crippen LogP contribution is 2.27. The minimum Gasteiger partial charge on any atom is -0.395 e. The van der Waals surface area contributed by atoms with E-state index < -0.39 is 18.2 Å². The summed E-state index contributed by atoms with van der Waals surface area (Å²) in [7, 11) is 0. The molecule has 0 bridgehead atoms. The molecule has 1 aliphatic rings. The molecule has 4 atom stereocenters. The van der Waals surface area contributed by atoms with E-state index in [1.807, 2.05) is 30.3 Å². The molecule has 82 valence electrons. The SMILES string of the molecule is OC[C@H]1N[C@@H](c2ccccc2)C(O)C1O. The molecular weight excluding hydrogens is 194 g/mol. The number of rotatable bonds is 2. The lowest BCUT2D eigenvalue weighted by Gasteiger charge is -2.15. The zero-order chi connectivity index (χ0) is 10.8. The Balaban J connectivity index is 2.19. The number of aliphatic hydroxyl groups is 3. The first-order valence-electron chi connectivity index (χ1n) is 5.02. The van der Waals surface area contributed by atoms with Crippen LogP contribution < -0.4 is 5.32 Å². The first-order valence-corrected chi connectivity index (χ1v) is 5.02. The van der Waals surface area contributed by atoms with E-state index in [-0.39, 0.29) is 12.6 Å². The van der Waals surface area contributed by atoms with Gasteiger partial charge in [-0.3, -0.25) is 0 Å². The molecule has 15 heavy (non-hydrogen) atoms. The average Bonchev–Trinajstić information content (AvgIpc) is 2.57. The molecule has 1 aromatic rings. The number of nitrogens with one attached hydrogen (secondary N) is 1. The lowest BCUT2D eigenvalue weighted by atomic mass is 10.0. The normalized spacial score (nSPS) is 35.7. The topological polar surface area (TPSA) is 72.7 Å². The first kappa shape index (κ1) is 10.6. The predicted octanol–water partition coefficient (Wildman–Crippen LogP) is -0.586. The largest absolute Gasteiger partial charge is 0.395 e. The minimum atomic E-state index is -0.916. The second-order valence-electron chi connectivity index (χ2n) is 3.83. The number of aliphatic hydroxyl groups excluding tert-OH is 3. The Kier molecular flexibility index (Phi) is 3.02. The summed E-state index contributed by atoms with van der Waals surface area (Å²) in [6, 6.07) is 8.65. The van der Waals surface area contributed by atoms with Crippen LogP contribution in [0.5, 0.6) is 0 Å². The summed E-state index contributed by atoms with van der Waals surface area (Å²) < 4.78 is 0. The fraction of sp³-hybridized carbons (Fsp3) is 0.455. The minimum absolute atomic E-state index is 0.179. The Hall–Kier alpha value is -0.940. The van der Waals surface area contributed by atoms with Crippen LogP contribution in [0.2, 0.25) is 0 Å². The quantitative estimate of drug-likeness (QED) is 0.525. The smallest absolute Gasteiger partial charge is 0.101 e. The molecule has 0 spiro atoms. The van der Waals surface area contributed by atoms with Crippen molar-refractivity contribution in [2.45, 2.75) is 24.3 Å². The molecule has 0 aliphatic carbocycles. The molecule has 4 heteroatoms. The van der Waals surface area contributed by atoms with Gasteiger partial charge in [-0.2, -0.15) is 0 Å². The number of benzene rings is 1. The van der Waals surface area contributed by atoms with Crippen molar-refractivity contribution >= 4 is 0 Å². The lowest BCUT2D eigenvalue weighted by Crippen LogP contribution is -2.35. The van der Waals surface area contributed by atoms with Gasteiger partial charge in [0.1, 0.15) is 6.10 Å². The second-order valence-corrected chi connectivity index (χ2v) is 3.83. The van der Waals surface area contributed by atoms with Crippen LogP contribution in [0.15, 0.2) is 30.3 Å². The predicted molar refractivity (Wildman–Crippen MR) is 55.2 cm³/mol. The zero-order valence-electron chi connectivity index (χ0n) is 8.24. The molecule has 1 fully saturated rings. The van der Waals surface area contributed by atoms with Gasteiger partial charge in [0.05, 0.1) is 24.8 Å². The number of hydrogen-bond acceptors (Lipinski definition) is 4. The Labute approximate surface area is 88.2 Å². The highest BCUT2D eigenvalue weighted by atomic mass is 16.3. The lowest BCUT2D eigenvalue weighted by molar-refractivity contribution is 0.0194. The van der Waals surface area contributed by atoms with Gasteiger partial charge in [0.15, 0.2) is 0 Å². The van der Waals surface area contributed by atoms with Crippen LogP contribution in [0.1, 0.15) is 11.6 Å². The highest BCUT2D eigenvalue weighted by Gasteiger charge is 2.40. The molecule has 4 N–H and O–H groups in total. The summed E-state index contributed by atoms with van der Waals surface area (Å²) in [5, 5.41) is 31.4. The second kappa shape index (κ2) is 4.28. The van der Waals surface area contributed by atoms with Gasteiger partial charge in [-0.15, -0.1) is 0 Å². The van der Waals surface area contributed by atoms with Gasteiger partial charge < -0.3 is 20.6 Å². The van der Waals surface area contributed by atoms with Gasteiger partial charge in [0.2, 0.25) is 0 Å². The van der Waals surface area contributed by atoms with Crippen LogP contribution in [-0.4, -0.2) is 40.2 Å². The maximum atomic E-state index is 9.79. The van der Waals surface area contributed by atoms with E-state index in [1.54, 1.807) is 0 Å². The van der Waals surface area contributed by atoms with Crippen molar-refractivity contribution in [3.8, 4) is 0 Å². The molecular formula is C11H15NO3. The molecule has 4 nitrogen and oxygen atoms in total. The molecule has 2 rings (SSSR count). The first-order chi connectivity index (χ1) is 7.24. The van der Waals surface area contributed by atoms with Crippen LogP contribution >= 0.6 is 0 Å². The molecule has 1 saturated heterocycles. The van der Waals surface area contributed by atoms with Crippen molar-refractivity contribution in [2.24, 2.45) is 0 Å². The standard InChI is InChI=1S/C11H15NO3/c13-6-8-10(14)11(15)9(12-8)7-4-2-1-3-5-7/h1-5,8-15H,6H2/t8-,9+,10?,11?/m1/s1. The van der Waals surface area contributed by atoms with Gasteiger partial charge in [0.25, 0.3) is 0 Å². The van der Waals surface area contributed by atoms with Crippen molar-refractivity contribution in [2.75, 3.05) is 6.61 Å². The van der Waals surface area contributed by atoms with Crippen molar-refractivity contribution in [1.29, 1.82) is 0 Å². The molecule has 0 saturated carbocycles. The van der Waals surface area contributed by atoms with Crippen LogP contribution in [0, 0.1) is 0 Å². The summed E-state index contributed by atoms with van der Waals surface area (Å²) in [5.41, 5.74) is 0.917. The summed E-state index contributed by atoms with van der Waals surface area (Å²) in [6.07, 6.45) is -1.79. The molecule has 1 aliphatic heterocycles. The molecule has 1 aromatic carbocycles. The van der Waals surface area contributed by atoms with Gasteiger partial charge in [-0.05, 0) is 5.56 Å². The van der Waals surface area contributed by atoms with Crippen LogP contribution in [0.25, 0.3) is 0 Å². The van der Waals surface area contributed by atoms with Crippen molar-refractivity contribution in [3.05, 3.63) is 35.9 Å². The Bertz CT molecular complexity index is 317. The monoisotopic (exact) mass is 209 g/mol. The van der Waals surface area contributed by atoms with Crippen molar-refractivity contribution in [1.82, 2.24) is 5.32 Å². The van der Waals surface area contributed by atoms with Gasteiger partial charge >= 0.3 is 0 Å². The van der Waals surface area contributed by atoms with E-state index in [0.717, 1.165) is 5.56 Å². The van der Waals surface area contributed by atoms with Gasteiger partial charge in [-0.25, -0.2) is 0 Å². The Morgan fingerprint density at radius 1 is 1.07 bits per heavy atom. The Morgan fingerprint density at radius 2 is 1.73 bits per heavy atom. The molecule has 2 unspecified atom stereocenters. The average molecular weight is 209 g/mol. The summed E-state index contributed by atoms with van der Waals surface area (Å²) >= 11 is 0. The molecule has 0 amide bonds. The van der Waals surface area contributed by atoms with Gasteiger partial charge in [0, 0.05) is 0 Å². The van der Waals surface area contributed by atoms with E-state index in [0.29, 0.717) is 0 Å². The van der Waals surface area contributed by atoms with E-state index in [2.05, 4.69) is 5.32 Å². The summed E-state index contributed by atoms with van der Waals surface area (Å²) in [4.78, 5) is 0. The van der Waals surface area contributed by atoms with E-state index >= 15 is 0 Å². The molecule has 0 aromatic heterocycles.